The topological polar surface area (TPSA) is 48.3 Å². The number of halogens is 1. The van der Waals surface area contributed by atoms with Crippen LogP contribution in [-0.4, -0.2) is 16.6 Å². The van der Waals surface area contributed by atoms with Gasteiger partial charge in [0.25, 0.3) is 5.56 Å². The van der Waals surface area contributed by atoms with Gasteiger partial charge in [0, 0.05) is 12.3 Å². The van der Waals surface area contributed by atoms with E-state index in [9.17, 15) is 14.0 Å². The predicted octanol–water partition coefficient (Wildman–Crippen LogP) is 2.81. The molecule has 1 aromatic heterocycles. The summed E-state index contributed by atoms with van der Waals surface area (Å²) in [6, 6.07) is 1.48. The van der Waals surface area contributed by atoms with Gasteiger partial charge in [-0.05, 0) is 38.2 Å². The van der Waals surface area contributed by atoms with Crippen molar-refractivity contribution in [3.05, 3.63) is 34.5 Å². The molecule has 1 unspecified atom stereocenters. The molecule has 1 atom stereocenters. The average Bonchev–Trinajstić information content (AvgIpc) is 2.44. The first kappa shape index (κ1) is 14.8. The van der Waals surface area contributed by atoms with Crippen LogP contribution in [-0.2, 0) is 9.53 Å². The lowest BCUT2D eigenvalue weighted by atomic mass is 9.98. The van der Waals surface area contributed by atoms with Crippen molar-refractivity contribution in [3.63, 3.8) is 0 Å². The molecule has 0 saturated heterocycles. The highest BCUT2D eigenvalue weighted by Crippen LogP contribution is 2.22. The van der Waals surface area contributed by atoms with Crippen molar-refractivity contribution in [2.24, 2.45) is 0 Å². The second-order valence-electron chi connectivity index (χ2n) is 5.21. The van der Waals surface area contributed by atoms with Crippen molar-refractivity contribution in [1.29, 1.82) is 0 Å². The highest BCUT2D eigenvalue weighted by Gasteiger charge is 2.25. The van der Waals surface area contributed by atoms with Crippen LogP contribution in [0.25, 0.3) is 0 Å². The second kappa shape index (κ2) is 6.68. The van der Waals surface area contributed by atoms with Crippen molar-refractivity contribution in [2.75, 3.05) is 0 Å². The van der Waals surface area contributed by atoms with E-state index in [1.165, 1.54) is 6.42 Å². The van der Waals surface area contributed by atoms with E-state index in [0.717, 1.165) is 48.6 Å². The lowest BCUT2D eigenvalue weighted by molar-refractivity contribution is -0.154. The number of rotatable bonds is 4. The Kier molecular flexibility index (Phi) is 4.93. The van der Waals surface area contributed by atoms with Gasteiger partial charge in [-0.3, -0.25) is 9.36 Å². The first-order valence-corrected chi connectivity index (χ1v) is 7.20. The Bertz CT molecular complexity index is 520. The van der Waals surface area contributed by atoms with Crippen LogP contribution in [0.3, 0.4) is 0 Å². The number of hydrogen-bond acceptors (Lipinski definition) is 3. The maximum absolute atomic E-state index is 13.3. The fourth-order valence-electron chi connectivity index (χ4n) is 2.62. The fourth-order valence-corrected chi connectivity index (χ4v) is 2.62. The lowest BCUT2D eigenvalue weighted by Crippen LogP contribution is -2.33. The van der Waals surface area contributed by atoms with Crippen molar-refractivity contribution in [2.45, 2.75) is 57.6 Å². The summed E-state index contributed by atoms with van der Waals surface area (Å²) in [5.74, 6) is -0.972. The summed E-state index contributed by atoms with van der Waals surface area (Å²) in [6.45, 7) is 1.78. The number of carbonyl (C=O) groups excluding carboxylic acids is 1. The molecule has 1 aromatic rings. The summed E-state index contributed by atoms with van der Waals surface area (Å²) >= 11 is 0. The minimum Gasteiger partial charge on any atom is -0.461 e. The van der Waals surface area contributed by atoms with Crippen molar-refractivity contribution < 1.29 is 13.9 Å². The molecule has 0 aromatic carbocycles. The van der Waals surface area contributed by atoms with Crippen LogP contribution in [0.5, 0.6) is 0 Å². The standard InChI is InChI=1S/C15H20FNO3/c1-2-13(17-10-11(16)8-9-14(17)18)15(19)20-12-6-4-3-5-7-12/h8-10,12-13H,2-7H2,1H3. The van der Waals surface area contributed by atoms with Gasteiger partial charge < -0.3 is 4.74 Å². The summed E-state index contributed by atoms with van der Waals surface area (Å²) in [4.78, 5) is 24.0. The molecule has 1 fully saturated rings. The van der Waals surface area contributed by atoms with Crippen LogP contribution in [0.1, 0.15) is 51.5 Å². The molecule has 20 heavy (non-hydrogen) atoms. The van der Waals surface area contributed by atoms with Gasteiger partial charge in [-0.25, -0.2) is 9.18 Å². The largest absolute Gasteiger partial charge is 0.461 e. The zero-order valence-electron chi connectivity index (χ0n) is 11.7. The number of nitrogens with zero attached hydrogens (tertiary/aromatic N) is 1. The number of hydrogen-bond donors (Lipinski definition) is 0. The Morgan fingerprint density at radius 1 is 1.40 bits per heavy atom. The van der Waals surface area contributed by atoms with Gasteiger partial charge in [-0.2, -0.15) is 0 Å². The van der Waals surface area contributed by atoms with Crippen LogP contribution in [0.2, 0.25) is 0 Å². The van der Waals surface area contributed by atoms with Crippen LogP contribution in [0, 0.1) is 5.82 Å². The van der Waals surface area contributed by atoms with E-state index in [4.69, 9.17) is 4.74 Å². The lowest BCUT2D eigenvalue weighted by Gasteiger charge is -2.25. The highest BCUT2D eigenvalue weighted by molar-refractivity contribution is 5.74. The molecule has 0 aliphatic heterocycles. The monoisotopic (exact) mass is 281 g/mol. The van der Waals surface area contributed by atoms with Crippen molar-refractivity contribution in [1.82, 2.24) is 4.57 Å². The maximum atomic E-state index is 13.3. The van der Waals surface area contributed by atoms with Crippen LogP contribution in [0.4, 0.5) is 4.39 Å². The third kappa shape index (κ3) is 3.46. The Morgan fingerprint density at radius 3 is 2.75 bits per heavy atom. The molecule has 0 N–H and O–H groups in total. The minimum atomic E-state index is -0.750. The first-order chi connectivity index (χ1) is 9.61. The van der Waals surface area contributed by atoms with Crippen LogP contribution in [0.15, 0.2) is 23.1 Å². The Hall–Kier alpha value is -1.65. The maximum Gasteiger partial charge on any atom is 0.329 e. The molecule has 0 amide bonds. The van der Waals surface area contributed by atoms with Gasteiger partial charge in [0.2, 0.25) is 0 Å². The summed E-state index contributed by atoms with van der Waals surface area (Å²) < 4.78 is 19.9. The number of carbonyl (C=O) groups is 1. The number of pyridine rings is 1. The van der Waals surface area contributed by atoms with Gasteiger partial charge >= 0.3 is 5.97 Å². The third-order valence-electron chi connectivity index (χ3n) is 3.73. The smallest absolute Gasteiger partial charge is 0.329 e. The summed E-state index contributed by atoms with van der Waals surface area (Å²) in [7, 11) is 0. The van der Waals surface area contributed by atoms with Gasteiger partial charge in [0.05, 0.1) is 0 Å². The van der Waals surface area contributed by atoms with Gasteiger partial charge in [-0.1, -0.05) is 13.3 Å². The van der Waals surface area contributed by atoms with E-state index in [-0.39, 0.29) is 11.7 Å². The Labute approximate surface area is 117 Å². The van der Waals surface area contributed by atoms with E-state index in [2.05, 4.69) is 0 Å². The molecule has 0 bridgehead atoms. The number of esters is 1. The first-order valence-electron chi connectivity index (χ1n) is 7.20. The molecular formula is C15H20FNO3. The van der Waals surface area contributed by atoms with E-state index in [0.29, 0.717) is 6.42 Å². The van der Waals surface area contributed by atoms with Gasteiger partial charge in [-0.15, -0.1) is 0 Å². The summed E-state index contributed by atoms with van der Waals surface area (Å²) in [5, 5.41) is 0. The highest BCUT2D eigenvalue weighted by atomic mass is 19.1. The third-order valence-corrected chi connectivity index (χ3v) is 3.73. The average molecular weight is 281 g/mol. The molecule has 1 saturated carbocycles. The predicted molar refractivity (Wildman–Crippen MR) is 73.0 cm³/mol. The summed E-state index contributed by atoms with van der Waals surface area (Å²) in [5.41, 5.74) is -0.390. The van der Waals surface area contributed by atoms with E-state index >= 15 is 0 Å². The molecule has 2 rings (SSSR count). The zero-order chi connectivity index (χ0) is 14.5. The Morgan fingerprint density at radius 2 is 2.10 bits per heavy atom. The molecule has 4 nitrogen and oxygen atoms in total. The number of aromatic nitrogens is 1. The normalized spacial score (nSPS) is 17.7. The van der Waals surface area contributed by atoms with Crippen molar-refractivity contribution in [3.8, 4) is 0 Å². The Balaban J connectivity index is 2.12. The van der Waals surface area contributed by atoms with Crippen LogP contribution < -0.4 is 5.56 Å². The molecule has 5 heteroatoms. The molecule has 0 radical (unpaired) electrons. The minimum absolute atomic E-state index is 0.0606. The molecule has 1 aliphatic carbocycles. The molecule has 1 heterocycles. The fraction of sp³-hybridized carbons (Fsp3) is 0.600. The van der Waals surface area contributed by atoms with E-state index in [1.54, 1.807) is 6.92 Å². The zero-order valence-corrected chi connectivity index (χ0v) is 11.7. The molecule has 1 aliphatic rings. The molecule has 0 spiro atoms. The SMILES string of the molecule is CCC(C(=O)OC1CCCCC1)n1cc(F)ccc1=O. The molecule has 110 valence electrons. The molecular weight excluding hydrogens is 261 g/mol. The van der Waals surface area contributed by atoms with Crippen molar-refractivity contribution >= 4 is 5.97 Å². The quantitative estimate of drug-likeness (QED) is 0.797. The van der Waals surface area contributed by atoms with E-state index < -0.39 is 17.8 Å². The second-order valence-corrected chi connectivity index (χ2v) is 5.21. The summed E-state index contributed by atoms with van der Waals surface area (Å²) in [6.07, 6.45) is 6.46. The van der Waals surface area contributed by atoms with Gasteiger partial charge in [0.15, 0.2) is 0 Å². The van der Waals surface area contributed by atoms with Crippen LogP contribution >= 0.6 is 0 Å². The van der Waals surface area contributed by atoms with E-state index in [1.807, 2.05) is 0 Å². The number of ether oxygens (including phenoxy) is 1. The van der Waals surface area contributed by atoms with Gasteiger partial charge in [0.1, 0.15) is 18.0 Å².